The minimum Gasteiger partial charge on any atom is -0.479 e. The number of ether oxygens (including phenoxy) is 1. The third kappa shape index (κ3) is 3.40. The lowest BCUT2D eigenvalue weighted by molar-refractivity contribution is -0.00937. The van der Waals surface area contributed by atoms with Crippen molar-refractivity contribution >= 4 is 5.91 Å². The second-order valence-corrected chi connectivity index (χ2v) is 9.53. The molecule has 3 heterocycles. The molecule has 1 N–H and O–H groups in total. The van der Waals surface area contributed by atoms with Crippen molar-refractivity contribution in [2.75, 3.05) is 19.7 Å². The molecular formula is C27H29N3O3. The SMILES string of the molecule is CC(C)(CO)c1ccc(C(=O)N2CCC3(CC2)Oc2ccccc2-n2c(C#N)ccc23)cc1.[HH]. The van der Waals surface area contributed by atoms with Crippen molar-refractivity contribution in [3.8, 4) is 17.5 Å². The normalized spacial score (nSPS) is 16.5. The number of nitrogens with zero attached hydrogens (tertiary/aromatic N) is 3. The smallest absolute Gasteiger partial charge is 0.253 e. The van der Waals surface area contributed by atoms with Crippen molar-refractivity contribution in [3.05, 3.63) is 83.2 Å². The molecule has 2 aliphatic heterocycles. The van der Waals surface area contributed by atoms with Gasteiger partial charge in [0.25, 0.3) is 5.91 Å². The number of carbonyl (C=O) groups is 1. The minimum atomic E-state index is -0.560. The van der Waals surface area contributed by atoms with Crippen LogP contribution >= 0.6 is 0 Å². The van der Waals surface area contributed by atoms with Crippen LogP contribution in [0.3, 0.4) is 0 Å². The molecule has 0 aliphatic carbocycles. The Labute approximate surface area is 195 Å². The summed E-state index contributed by atoms with van der Waals surface area (Å²) in [6.07, 6.45) is 1.30. The van der Waals surface area contributed by atoms with Crippen LogP contribution in [-0.2, 0) is 11.0 Å². The molecule has 1 fully saturated rings. The standard InChI is InChI=1S/C27H27N3O3.H2/c1-26(2,18-31)20-9-7-19(8-10-20)25(32)29-15-13-27(14-16-29)24-12-11-21(17-28)30(24)22-5-3-4-6-23(22)33-27;/h3-12,31H,13-16,18H2,1-2H3;1H. The molecule has 0 atom stereocenters. The molecule has 0 radical (unpaired) electrons. The molecule has 5 rings (SSSR count). The van der Waals surface area contributed by atoms with E-state index in [4.69, 9.17) is 4.74 Å². The molecule has 0 saturated carbocycles. The summed E-state index contributed by atoms with van der Waals surface area (Å²) in [4.78, 5) is 15.1. The van der Waals surface area contributed by atoms with Gasteiger partial charge in [-0.1, -0.05) is 38.1 Å². The molecular weight excluding hydrogens is 414 g/mol. The number of piperidine rings is 1. The summed E-state index contributed by atoms with van der Waals surface area (Å²) < 4.78 is 8.55. The van der Waals surface area contributed by atoms with Gasteiger partial charge in [0.1, 0.15) is 17.5 Å². The third-order valence-electron chi connectivity index (χ3n) is 7.04. The molecule has 2 aliphatic rings. The van der Waals surface area contributed by atoms with Crippen molar-refractivity contribution < 1.29 is 16.1 Å². The van der Waals surface area contributed by atoms with Crippen molar-refractivity contribution in [1.29, 1.82) is 5.26 Å². The molecule has 2 aromatic carbocycles. The number of aliphatic hydroxyl groups excluding tert-OH is 1. The van der Waals surface area contributed by atoms with E-state index >= 15 is 0 Å². The van der Waals surface area contributed by atoms with Gasteiger partial charge < -0.3 is 14.7 Å². The third-order valence-corrected chi connectivity index (χ3v) is 7.04. The van der Waals surface area contributed by atoms with E-state index in [1.165, 1.54) is 0 Å². The highest BCUT2D eigenvalue weighted by Crippen LogP contribution is 2.45. The van der Waals surface area contributed by atoms with Crippen molar-refractivity contribution in [3.63, 3.8) is 0 Å². The van der Waals surface area contributed by atoms with E-state index < -0.39 is 5.60 Å². The van der Waals surface area contributed by atoms with Gasteiger partial charge in [0, 0.05) is 38.3 Å². The number of rotatable bonds is 3. The van der Waals surface area contributed by atoms with Gasteiger partial charge in [-0.2, -0.15) is 5.26 Å². The average Bonchev–Trinajstić information content (AvgIpc) is 3.30. The number of fused-ring (bicyclic) bond motifs is 4. The first-order chi connectivity index (χ1) is 15.9. The maximum atomic E-state index is 13.2. The number of aliphatic hydroxyl groups is 1. The van der Waals surface area contributed by atoms with E-state index in [0.717, 1.165) is 22.7 Å². The number of para-hydroxylation sites is 2. The number of hydrogen-bond donors (Lipinski definition) is 1. The van der Waals surface area contributed by atoms with E-state index in [9.17, 15) is 15.2 Å². The topological polar surface area (TPSA) is 78.5 Å². The molecule has 0 unspecified atom stereocenters. The molecule has 6 heteroatoms. The van der Waals surface area contributed by atoms with Gasteiger partial charge in [0.05, 0.1) is 18.0 Å². The van der Waals surface area contributed by atoms with Crippen LogP contribution < -0.4 is 4.74 Å². The lowest BCUT2D eigenvalue weighted by Gasteiger charge is -2.45. The molecule has 1 saturated heterocycles. The van der Waals surface area contributed by atoms with Crippen LogP contribution in [0.25, 0.3) is 5.69 Å². The summed E-state index contributed by atoms with van der Waals surface area (Å²) in [5, 5.41) is 19.2. The predicted molar refractivity (Wildman–Crippen MR) is 127 cm³/mol. The number of benzene rings is 2. The van der Waals surface area contributed by atoms with E-state index in [0.29, 0.717) is 37.2 Å². The number of aromatic nitrogens is 1. The Morgan fingerprint density at radius 1 is 1.12 bits per heavy atom. The maximum absolute atomic E-state index is 13.2. The van der Waals surface area contributed by atoms with Crippen molar-refractivity contribution in [1.82, 2.24) is 9.47 Å². The molecule has 1 amide bonds. The number of nitriles is 1. The molecule has 6 nitrogen and oxygen atoms in total. The van der Waals surface area contributed by atoms with Gasteiger partial charge in [0.2, 0.25) is 0 Å². The Morgan fingerprint density at radius 2 is 1.82 bits per heavy atom. The lowest BCUT2D eigenvalue weighted by atomic mass is 9.85. The second-order valence-electron chi connectivity index (χ2n) is 9.53. The monoisotopic (exact) mass is 443 g/mol. The van der Waals surface area contributed by atoms with Crippen molar-refractivity contribution in [2.45, 2.75) is 37.7 Å². The van der Waals surface area contributed by atoms with E-state index in [-0.39, 0.29) is 19.4 Å². The fourth-order valence-electron chi connectivity index (χ4n) is 4.90. The first kappa shape index (κ1) is 21.3. The van der Waals surface area contributed by atoms with Gasteiger partial charge in [0.15, 0.2) is 5.60 Å². The Morgan fingerprint density at radius 3 is 2.48 bits per heavy atom. The van der Waals surface area contributed by atoms with Crippen LogP contribution in [0, 0.1) is 11.3 Å². The highest BCUT2D eigenvalue weighted by atomic mass is 16.5. The van der Waals surface area contributed by atoms with Gasteiger partial charge >= 0.3 is 0 Å². The molecule has 1 aromatic heterocycles. The van der Waals surface area contributed by atoms with Crippen LogP contribution in [0.2, 0.25) is 0 Å². The molecule has 170 valence electrons. The van der Waals surface area contributed by atoms with Crippen LogP contribution in [0.15, 0.2) is 60.7 Å². The number of carbonyl (C=O) groups excluding carboxylic acids is 1. The van der Waals surface area contributed by atoms with Crippen LogP contribution in [0.1, 0.15) is 55.4 Å². The van der Waals surface area contributed by atoms with Crippen LogP contribution in [-0.4, -0.2) is 40.2 Å². The largest absolute Gasteiger partial charge is 0.479 e. The zero-order chi connectivity index (χ0) is 23.2. The fourth-order valence-corrected chi connectivity index (χ4v) is 4.90. The van der Waals surface area contributed by atoms with Gasteiger partial charge in [-0.05, 0) is 42.0 Å². The number of likely N-dealkylation sites (tertiary alicyclic amines) is 1. The maximum Gasteiger partial charge on any atom is 0.253 e. The Balaban J connectivity index is 0.00000274. The summed E-state index contributed by atoms with van der Waals surface area (Å²) in [5.41, 5.74) is 3.19. The van der Waals surface area contributed by atoms with Crippen LogP contribution in [0.5, 0.6) is 5.75 Å². The first-order valence-corrected chi connectivity index (χ1v) is 11.3. The van der Waals surface area contributed by atoms with E-state index in [1.54, 1.807) is 0 Å². The minimum absolute atomic E-state index is 0. The Kier molecular flexibility index (Phi) is 5.02. The summed E-state index contributed by atoms with van der Waals surface area (Å²) in [7, 11) is 0. The molecule has 3 aromatic rings. The summed E-state index contributed by atoms with van der Waals surface area (Å²) in [6, 6.07) is 21.4. The van der Waals surface area contributed by atoms with E-state index in [1.807, 2.05) is 84.0 Å². The van der Waals surface area contributed by atoms with Gasteiger partial charge in [-0.15, -0.1) is 0 Å². The number of hydrogen-bond acceptors (Lipinski definition) is 4. The molecule has 1 spiro atoms. The van der Waals surface area contributed by atoms with E-state index in [2.05, 4.69) is 6.07 Å². The average molecular weight is 444 g/mol. The number of amides is 1. The quantitative estimate of drug-likeness (QED) is 0.651. The Hall–Kier alpha value is -3.56. The Bertz CT molecular complexity index is 1250. The van der Waals surface area contributed by atoms with Gasteiger partial charge in [-0.25, -0.2) is 0 Å². The predicted octanol–water partition coefficient (Wildman–Crippen LogP) is 4.39. The van der Waals surface area contributed by atoms with Crippen molar-refractivity contribution in [2.24, 2.45) is 0 Å². The summed E-state index contributed by atoms with van der Waals surface area (Å²) in [6.45, 7) is 5.14. The molecule has 0 bridgehead atoms. The fraction of sp³-hybridized carbons (Fsp3) is 0.333. The summed E-state index contributed by atoms with van der Waals surface area (Å²) in [5.74, 6) is 0.766. The second kappa shape index (κ2) is 7.79. The zero-order valence-corrected chi connectivity index (χ0v) is 18.9. The highest BCUT2D eigenvalue weighted by molar-refractivity contribution is 5.94. The zero-order valence-electron chi connectivity index (χ0n) is 18.9. The van der Waals surface area contributed by atoms with Gasteiger partial charge in [-0.3, -0.25) is 9.36 Å². The molecule has 33 heavy (non-hydrogen) atoms. The van der Waals surface area contributed by atoms with Crippen LogP contribution in [0.4, 0.5) is 0 Å². The summed E-state index contributed by atoms with van der Waals surface area (Å²) >= 11 is 0. The lowest BCUT2D eigenvalue weighted by Crippen LogP contribution is -2.50. The highest BCUT2D eigenvalue weighted by Gasteiger charge is 2.45. The first-order valence-electron chi connectivity index (χ1n) is 11.3.